The fourth-order valence-electron chi connectivity index (χ4n) is 2.40. The summed E-state index contributed by atoms with van der Waals surface area (Å²) in [6.07, 6.45) is 2.83. The molecule has 0 atom stereocenters. The SMILES string of the molecule is CC(C)CN1CCN(CCCCC(N)=NO)CC1. The van der Waals surface area contributed by atoms with Crippen molar-refractivity contribution in [2.75, 3.05) is 39.3 Å². The smallest absolute Gasteiger partial charge is 0.139 e. The standard InChI is InChI=1S/C13H28N4O/c1-12(2)11-17-9-7-16(8-10-17)6-4-3-5-13(14)15-18/h12,18H,3-11H2,1-2H3,(H2,14,15). The van der Waals surface area contributed by atoms with Crippen LogP contribution < -0.4 is 5.73 Å². The van der Waals surface area contributed by atoms with Gasteiger partial charge in [-0.15, -0.1) is 0 Å². The van der Waals surface area contributed by atoms with Crippen LogP contribution in [-0.2, 0) is 0 Å². The highest BCUT2D eigenvalue weighted by atomic mass is 16.4. The average molecular weight is 256 g/mol. The lowest BCUT2D eigenvalue weighted by molar-refractivity contribution is 0.121. The van der Waals surface area contributed by atoms with Gasteiger partial charge in [-0.3, -0.25) is 0 Å². The van der Waals surface area contributed by atoms with Crippen molar-refractivity contribution in [2.45, 2.75) is 33.1 Å². The minimum Gasteiger partial charge on any atom is -0.409 e. The second-order valence-electron chi connectivity index (χ2n) is 5.58. The van der Waals surface area contributed by atoms with Crippen LogP contribution in [0.3, 0.4) is 0 Å². The van der Waals surface area contributed by atoms with Crippen LogP contribution in [0.15, 0.2) is 5.16 Å². The minimum absolute atomic E-state index is 0.344. The Morgan fingerprint density at radius 3 is 2.33 bits per heavy atom. The van der Waals surface area contributed by atoms with Crippen molar-refractivity contribution >= 4 is 5.84 Å². The Bertz CT molecular complexity index is 247. The number of rotatable bonds is 7. The van der Waals surface area contributed by atoms with E-state index >= 15 is 0 Å². The molecule has 1 aliphatic rings. The third-order valence-corrected chi connectivity index (χ3v) is 3.37. The van der Waals surface area contributed by atoms with Gasteiger partial charge in [0.25, 0.3) is 0 Å². The quantitative estimate of drug-likeness (QED) is 0.236. The molecular formula is C13H28N4O. The third kappa shape index (κ3) is 6.21. The number of hydrogen-bond acceptors (Lipinski definition) is 4. The van der Waals surface area contributed by atoms with Crippen molar-refractivity contribution in [3.8, 4) is 0 Å². The van der Waals surface area contributed by atoms with Crippen LogP contribution in [0.4, 0.5) is 0 Å². The van der Waals surface area contributed by atoms with Gasteiger partial charge >= 0.3 is 0 Å². The highest BCUT2D eigenvalue weighted by Gasteiger charge is 2.16. The molecule has 18 heavy (non-hydrogen) atoms. The van der Waals surface area contributed by atoms with Crippen molar-refractivity contribution in [3.05, 3.63) is 0 Å². The second kappa shape index (κ2) is 8.32. The van der Waals surface area contributed by atoms with Crippen molar-refractivity contribution in [2.24, 2.45) is 16.8 Å². The van der Waals surface area contributed by atoms with Crippen LogP contribution >= 0.6 is 0 Å². The number of piperazine rings is 1. The molecule has 0 aromatic heterocycles. The Morgan fingerprint density at radius 2 is 1.78 bits per heavy atom. The lowest BCUT2D eigenvalue weighted by atomic mass is 10.1. The van der Waals surface area contributed by atoms with Gasteiger partial charge in [-0.1, -0.05) is 19.0 Å². The molecule has 106 valence electrons. The highest BCUT2D eigenvalue weighted by Crippen LogP contribution is 2.07. The molecule has 0 unspecified atom stereocenters. The number of oxime groups is 1. The van der Waals surface area contributed by atoms with E-state index < -0.39 is 0 Å². The van der Waals surface area contributed by atoms with E-state index in [-0.39, 0.29) is 0 Å². The third-order valence-electron chi connectivity index (χ3n) is 3.37. The molecule has 0 saturated carbocycles. The zero-order valence-electron chi connectivity index (χ0n) is 11.8. The molecular weight excluding hydrogens is 228 g/mol. The molecule has 0 radical (unpaired) electrons. The van der Waals surface area contributed by atoms with E-state index in [2.05, 4.69) is 28.8 Å². The maximum Gasteiger partial charge on any atom is 0.139 e. The van der Waals surface area contributed by atoms with E-state index in [0.717, 1.165) is 25.3 Å². The van der Waals surface area contributed by atoms with E-state index in [9.17, 15) is 0 Å². The van der Waals surface area contributed by atoms with Crippen molar-refractivity contribution in [3.63, 3.8) is 0 Å². The molecule has 5 nitrogen and oxygen atoms in total. The molecule has 0 bridgehead atoms. The van der Waals surface area contributed by atoms with E-state index in [1.165, 1.54) is 32.7 Å². The molecule has 0 aliphatic carbocycles. The molecule has 1 aliphatic heterocycles. The lowest BCUT2D eigenvalue weighted by Gasteiger charge is -2.35. The normalized spacial score (nSPS) is 19.6. The summed E-state index contributed by atoms with van der Waals surface area (Å²) in [4.78, 5) is 5.07. The minimum atomic E-state index is 0.344. The van der Waals surface area contributed by atoms with Gasteiger partial charge < -0.3 is 20.7 Å². The molecule has 1 saturated heterocycles. The van der Waals surface area contributed by atoms with Crippen LogP contribution in [0.25, 0.3) is 0 Å². The Kier molecular flexibility index (Phi) is 7.05. The number of nitrogens with zero attached hydrogens (tertiary/aromatic N) is 3. The lowest BCUT2D eigenvalue weighted by Crippen LogP contribution is -2.47. The van der Waals surface area contributed by atoms with E-state index in [1.54, 1.807) is 0 Å². The molecule has 0 spiro atoms. The first-order valence-electron chi connectivity index (χ1n) is 7.03. The van der Waals surface area contributed by atoms with E-state index in [4.69, 9.17) is 10.9 Å². The van der Waals surface area contributed by atoms with Crippen molar-refractivity contribution in [1.82, 2.24) is 9.80 Å². The van der Waals surface area contributed by atoms with Crippen LogP contribution in [0.2, 0.25) is 0 Å². The summed E-state index contributed by atoms with van der Waals surface area (Å²) < 4.78 is 0. The summed E-state index contributed by atoms with van der Waals surface area (Å²) in [6.45, 7) is 11.6. The highest BCUT2D eigenvalue weighted by molar-refractivity contribution is 5.79. The van der Waals surface area contributed by atoms with Crippen LogP contribution in [0.5, 0.6) is 0 Å². The number of amidine groups is 1. The van der Waals surface area contributed by atoms with Gasteiger partial charge in [-0.05, 0) is 25.3 Å². The molecule has 0 aromatic rings. The monoisotopic (exact) mass is 256 g/mol. The Hall–Kier alpha value is -0.810. The second-order valence-corrected chi connectivity index (χ2v) is 5.58. The maximum absolute atomic E-state index is 8.43. The van der Waals surface area contributed by atoms with Gasteiger partial charge in [0.1, 0.15) is 5.84 Å². The van der Waals surface area contributed by atoms with Gasteiger partial charge in [0, 0.05) is 39.1 Å². The number of nitrogens with two attached hydrogens (primary N) is 1. The first kappa shape index (κ1) is 15.2. The largest absolute Gasteiger partial charge is 0.409 e. The summed E-state index contributed by atoms with van der Waals surface area (Å²) in [5.74, 6) is 1.11. The molecule has 5 heteroatoms. The summed E-state index contributed by atoms with van der Waals surface area (Å²) in [5.41, 5.74) is 5.44. The Morgan fingerprint density at radius 1 is 1.17 bits per heavy atom. The van der Waals surface area contributed by atoms with Gasteiger partial charge in [0.05, 0.1) is 0 Å². The molecule has 1 rings (SSSR count). The fraction of sp³-hybridized carbons (Fsp3) is 0.923. The average Bonchev–Trinajstić information content (AvgIpc) is 2.35. The first-order valence-corrected chi connectivity index (χ1v) is 7.03. The Labute approximate surface area is 111 Å². The summed E-state index contributed by atoms with van der Waals surface area (Å²) in [7, 11) is 0. The summed E-state index contributed by atoms with van der Waals surface area (Å²) >= 11 is 0. The predicted octanol–water partition coefficient (Wildman–Crippen LogP) is 1.18. The van der Waals surface area contributed by atoms with E-state index in [0.29, 0.717) is 12.3 Å². The number of unbranched alkanes of at least 4 members (excludes halogenated alkanes) is 1. The summed E-state index contributed by atoms with van der Waals surface area (Å²) in [5, 5.41) is 11.4. The van der Waals surface area contributed by atoms with Crippen LogP contribution in [0, 0.1) is 5.92 Å². The van der Waals surface area contributed by atoms with Gasteiger partial charge in [0.2, 0.25) is 0 Å². The van der Waals surface area contributed by atoms with Gasteiger partial charge in [0.15, 0.2) is 0 Å². The topological polar surface area (TPSA) is 65.1 Å². The molecule has 0 amide bonds. The van der Waals surface area contributed by atoms with Crippen LogP contribution in [-0.4, -0.2) is 60.1 Å². The van der Waals surface area contributed by atoms with Crippen LogP contribution in [0.1, 0.15) is 33.1 Å². The predicted molar refractivity (Wildman–Crippen MR) is 75.0 cm³/mol. The molecule has 1 heterocycles. The number of hydrogen-bond donors (Lipinski definition) is 2. The zero-order valence-corrected chi connectivity index (χ0v) is 11.8. The van der Waals surface area contributed by atoms with Gasteiger partial charge in [-0.2, -0.15) is 0 Å². The van der Waals surface area contributed by atoms with Crippen molar-refractivity contribution < 1.29 is 5.21 Å². The summed E-state index contributed by atoms with van der Waals surface area (Å²) in [6, 6.07) is 0. The zero-order chi connectivity index (χ0) is 13.4. The first-order chi connectivity index (χ1) is 8.61. The fourth-order valence-corrected chi connectivity index (χ4v) is 2.40. The van der Waals surface area contributed by atoms with Crippen molar-refractivity contribution in [1.29, 1.82) is 0 Å². The molecule has 0 aromatic carbocycles. The van der Waals surface area contributed by atoms with Gasteiger partial charge in [-0.25, -0.2) is 0 Å². The Balaban J connectivity index is 2.05. The molecule has 3 N–H and O–H groups in total. The maximum atomic E-state index is 8.43. The molecule has 1 fully saturated rings. The van der Waals surface area contributed by atoms with E-state index in [1.807, 2.05) is 0 Å².